The average Bonchev–Trinajstić information content (AvgIpc) is 2.79. The predicted octanol–water partition coefficient (Wildman–Crippen LogP) is 6.87. The summed E-state index contributed by atoms with van der Waals surface area (Å²) in [5, 5.41) is 8.54. The molecule has 30 heavy (non-hydrogen) atoms. The van der Waals surface area contributed by atoms with E-state index >= 15 is 0 Å². The largest absolute Gasteiger partial charge is 0.462 e. The standard InChI is InChI=1S/C27H37NO2/c1-2-6-21-8-12-23(13-9-21)24-14-16-25(17-15-24)27(29)30-26-18-10-22(11-19-26)7-4-3-5-20-28/h3,5,8-9,12-13,22,24-26H,2,4,6-7,10-11,14-19H2,1H3/b5-3+/t22?,24-,25-,26?. The summed E-state index contributed by atoms with van der Waals surface area (Å²) >= 11 is 0. The van der Waals surface area contributed by atoms with E-state index in [0.717, 1.165) is 70.6 Å². The average molecular weight is 408 g/mol. The minimum atomic E-state index is 0.0483. The summed E-state index contributed by atoms with van der Waals surface area (Å²) in [5.41, 5.74) is 2.86. The second-order valence-electron chi connectivity index (χ2n) is 9.23. The number of ether oxygens (including phenoxy) is 1. The van der Waals surface area contributed by atoms with Crippen LogP contribution in [0.1, 0.15) is 94.6 Å². The van der Waals surface area contributed by atoms with Crippen molar-refractivity contribution in [2.24, 2.45) is 11.8 Å². The fraction of sp³-hybridized carbons (Fsp3) is 0.630. The molecule has 0 amide bonds. The van der Waals surface area contributed by atoms with E-state index in [4.69, 9.17) is 10.00 Å². The Bertz CT molecular complexity index is 714. The van der Waals surface area contributed by atoms with Crippen LogP contribution in [0.25, 0.3) is 0 Å². The molecule has 0 saturated heterocycles. The van der Waals surface area contributed by atoms with E-state index in [9.17, 15) is 4.79 Å². The van der Waals surface area contributed by atoms with Gasteiger partial charge in [-0.1, -0.05) is 43.7 Å². The Morgan fingerprint density at radius 2 is 1.77 bits per heavy atom. The third-order valence-corrected chi connectivity index (χ3v) is 7.06. The zero-order valence-electron chi connectivity index (χ0n) is 18.5. The fourth-order valence-electron chi connectivity index (χ4n) is 5.17. The molecule has 2 saturated carbocycles. The molecule has 2 fully saturated rings. The van der Waals surface area contributed by atoms with Crippen LogP contribution in [0, 0.1) is 23.2 Å². The van der Waals surface area contributed by atoms with Crippen molar-refractivity contribution < 1.29 is 9.53 Å². The number of esters is 1. The second kappa shape index (κ2) is 11.9. The number of hydrogen-bond donors (Lipinski definition) is 0. The van der Waals surface area contributed by atoms with Crippen molar-refractivity contribution in [3.05, 3.63) is 47.5 Å². The van der Waals surface area contributed by atoms with Crippen LogP contribution >= 0.6 is 0 Å². The topological polar surface area (TPSA) is 50.1 Å². The first-order chi connectivity index (χ1) is 14.7. The lowest BCUT2D eigenvalue weighted by Crippen LogP contribution is -2.29. The lowest BCUT2D eigenvalue weighted by atomic mass is 9.78. The van der Waals surface area contributed by atoms with E-state index in [-0.39, 0.29) is 18.0 Å². The summed E-state index contributed by atoms with van der Waals surface area (Å²) in [4.78, 5) is 12.7. The molecule has 162 valence electrons. The molecule has 1 aromatic rings. The first-order valence-electron chi connectivity index (χ1n) is 12.0. The molecule has 0 aliphatic heterocycles. The number of rotatable bonds is 8. The molecule has 0 spiro atoms. The summed E-state index contributed by atoms with van der Waals surface area (Å²) in [6, 6.07) is 11.2. The van der Waals surface area contributed by atoms with Crippen molar-refractivity contribution in [1.29, 1.82) is 5.26 Å². The third-order valence-electron chi connectivity index (χ3n) is 7.06. The normalized spacial score (nSPS) is 26.9. The zero-order valence-corrected chi connectivity index (χ0v) is 18.5. The molecule has 2 aliphatic rings. The van der Waals surface area contributed by atoms with E-state index in [1.807, 2.05) is 12.1 Å². The fourth-order valence-corrected chi connectivity index (χ4v) is 5.17. The molecular weight excluding hydrogens is 370 g/mol. The molecule has 0 N–H and O–H groups in total. The number of allylic oxidation sites excluding steroid dienone is 2. The molecule has 0 heterocycles. The van der Waals surface area contributed by atoms with Gasteiger partial charge in [0.2, 0.25) is 0 Å². The number of benzene rings is 1. The first kappa shape index (κ1) is 22.6. The highest BCUT2D eigenvalue weighted by Gasteiger charge is 2.31. The van der Waals surface area contributed by atoms with Gasteiger partial charge in [0, 0.05) is 6.08 Å². The van der Waals surface area contributed by atoms with Crippen molar-refractivity contribution in [3.8, 4) is 6.07 Å². The van der Waals surface area contributed by atoms with Crippen LogP contribution in [-0.2, 0) is 16.0 Å². The van der Waals surface area contributed by atoms with Crippen molar-refractivity contribution in [2.75, 3.05) is 0 Å². The molecule has 0 bridgehead atoms. The number of aryl methyl sites for hydroxylation is 1. The van der Waals surface area contributed by atoms with Crippen molar-refractivity contribution in [1.82, 2.24) is 0 Å². The number of hydrogen-bond acceptors (Lipinski definition) is 3. The lowest BCUT2D eigenvalue weighted by Gasteiger charge is -2.31. The Balaban J connectivity index is 1.36. The number of nitrogens with zero attached hydrogens (tertiary/aromatic N) is 1. The monoisotopic (exact) mass is 407 g/mol. The van der Waals surface area contributed by atoms with E-state index in [0.29, 0.717) is 11.8 Å². The molecule has 0 unspecified atom stereocenters. The summed E-state index contributed by atoms with van der Waals surface area (Å²) in [6.45, 7) is 2.22. The van der Waals surface area contributed by atoms with Crippen molar-refractivity contribution >= 4 is 5.97 Å². The van der Waals surface area contributed by atoms with Gasteiger partial charge < -0.3 is 4.74 Å². The maximum Gasteiger partial charge on any atom is 0.309 e. The van der Waals surface area contributed by atoms with Crippen LogP contribution in [-0.4, -0.2) is 12.1 Å². The van der Waals surface area contributed by atoms with Gasteiger partial charge in [0.1, 0.15) is 6.10 Å². The van der Waals surface area contributed by atoms with Gasteiger partial charge in [-0.05, 0) is 93.6 Å². The smallest absolute Gasteiger partial charge is 0.309 e. The number of carbonyl (C=O) groups is 1. The Morgan fingerprint density at radius 3 is 2.40 bits per heavy atom. The maximum atomic E-state index is 12.7. The van der Waals surface area contributed by atoms with Crippen LogP contribution in [0.2, 0.25) is 0 Å². The molecule has 0 radical (unpaired) electrons. The summed E-state index contributed by atoms with van der Waals surface area (Å²) in [5.74, 6) is 1.44. The Labute approximate surface area is 182 Å². The maximum absolute atomic E-state index is 12.7. The van der Waals surface area contributed by atoms with Gasteiger partial charge in [0.25, 0.3) is 0 Å². The molecule has 1 aromatic carbocycles. The summed E-state index contributed by atoms with van der Waals surface area (Å²) in [6.07, 6.45) is 16.5. The second-order valence-corrected chi connectivity index (χ2v) is 9.23. The summed E-state index contributed by atoms with van der Waals surface area (Å²) < 4.78 is 5.91. The van der Waals surface area contributed by atoms with Gasteiger partial charge in [-0.2, -0.15) is 5.26 Å². The molecule has 3 heteroatoms. The van der Waals surface area contributed by atoms with Crippen LogP contribution in [0.4, 0.5) is 0 Å². The molecule has 2 aliphatic carbocycles. The molecule has 0 aromatic heterocycles. The number of nitriles is 1. The van der Waals surface area contributed by atoms with E-state index in [1.54, 1.807) is 6.08 Å². The zero-order chi connectivity index (χ0) is 21.2. The highest BCUT2D eigenvalue weighted by molar-refractivity contribution is 5.72. The van der Waals surface area contributed by atoms with Gasteiger partial charge in [-0.15, -0.1) is 0 Å². The van der Waals surface area contributed by atoms with Gasteiger partial charge in [0.15, 0.2) is 0 Å². The Kier molecular flexibility index (Phi) is 9.00. The minimum Gasteiger partial charge on any atom is -0.462 e. The van der Waals surface area contributed by atoms with Gasteiger partial charge in [0.05, 0.1) is 12.0 Å². The van der Waals surface area contributed by atoms with Crippen LogP contribution < -0.4 is 0 Å². The predicted molar refractivity (Wildman–Crippen MR) is 121 cm³/mol. The Hall–Kier alpha value is -2.08. The highest BCUT2D eigenvalue weighted by atomic mass is 16.5. The minimum absolute atomic E-state index is 0.0483. The third kappa shape index (κ3) is 6.73. The molecular formula is C27H37NO2. The van der Waals surface area contributed by atoms with Crippen molar-refractivity contribution in [3.63, 3.8) is 0 Å². The van der Waals surface area contributed by atoms with Crippen molar-refractivity contribution in [2.45, 2.75) is 96.0 Å². The lowest BCUT2D eigenvalue weighted by molar-refractivity contribution is -0.157. The molecule has 3 nitrogen and oxygen atoms in total. The van der Waals surface area contributed by atoms with E-state index in [2.05, 4.69) is 31.2 Å². The SMILES string of the molecule is CCCc1ccc([C@H]2CC[C@H](C(=O)OC3CCC(CC/C=C/C#N)CC3)CC2)cc1. The first-order valence-corrected chi connectivity index (χ1v) is 12.0. The highest BCUT2D eigenvalue weighted by Crippen LogP contribution is 2.37. The van der Waals surface area contributed by atoms with Crippen LogP contribution in [0.3, 0.4) is 0 Å². The molecule has 3 rings (SSSR count). The molecule has 0 atom stereocenters. The van der Waals surface area contributed by atoms with Gasteiger partial charge >= 0.3 is 5.97 Å². The van der Waals surface area contributed by atoms with Gasteiger partial charge in [-0.3, -0.25) is 4.79 Å². The summed E-state index contributed by atoms with van der Waals surface area (Å²) in [7, 11) is 0. The number of carbonyl (C=O) groups excluding carboxylic acids is 1. The quantitative estimate of drug-likeness (QED) is 0.349. The van der Waals surface area contributed by atoms with Gasteiger partial charge in [-0.25, -0.2) is 0 Å². The Morgan fingerprint density at radius 1 is 1.07 bits per heavy atom. The van der Waals surface area contributed by atoms with E-state index < -0.39 is 0 Å². The van der Waals surface area contributed by atoms with E-state index in [1.165, 1.54) is 17.5 Å². The van der Waals surface area contributed by atoms with Crippen LogP contribution in [0.5, 0.6) is 0 Å². The van der Waals surface area contributed by atoms with Crippen LogP contribution in [0.15, 0.2) is 36.4 Å².